The summed E-state index contributed by atoms with van der Waals surface area (Å²) in [4.78, 5) is 36.5. The number of amides is 1. The average molecular weight is 490 g/mol. The predicted octanol–water partition coefficient (Wildman–Crippen LogP) is -0.528. The zero-order valence-electron chi connectivity index (χ0n) is 18.1. The lowest BCUT2D eigenvalue weighted by molar-refractivity contribution is -0.368. The number of benzene rings is 1. The minimum Gasteiger partial charge on any atom is -0.493 e. The minimum atomic E-state index is -4.12. The third-order valence-corrected chi connectivity index (χ3v) is 6.30. The summed E-state index contributed by atoms with van der Waals surface area (Å²) in [5, 5.41) is 11.8. The van der Waals surface area contributed by atoms with Gasteiger partial charge >= 0.3 is 5.97 Å². The van der Waals surface area contributed by atoms with Gasteiger partial charge in [-0.15, -0.1) is 0 Å². The second-order valence-corrected chi connectivity index (χ2v) is 9.04. The Kier molecular flexibility index (Phi) is 7.99. The number of quaternary nitrogens is 1. The molecule has 0 saturated carbocycles. The summed E-state index contributed by atoms with van der Waals surface area (Å²) in [5.74, 6) is -1.68. The highest BCUT2D eigenvalue weighted by molar-refractivity contribution is 7.89. The van der Waals surface area contributed by atoms with Crippen LogP contribution in [0.2, 0.25) is 0 Å². The molecule has 0 spiro atoms. The molecule has 0 aliphatic rings. The quantitative estimate of drug-likeness (QED) is 0.262. The number of rotatable bonds is 11. The van der Waals surface area contributed by atoms with Crippen molar-refractivity contribution in [3.63, 3.8) is 0 Å². The normalized spacial score (nSPS) is 12.3. The summed E-state index contributed by atoms with van der Waals surface area (Å²) in [7, 11) is -4.12. The summed E-state index contributed by atoms with van der Waals surface area (Å²) < 4.78 is 33.9. The molecule has 2 heterocycles. The molecule has 0 unspecified atom stereocenters. The van der Waals surface area contributed by atoms with Crippen LogP contribution < -0.4 is 26.1 Å². The lowest BCUT2D eigenvalue weighted by Gasteiger charge is -2.16. The minimum absolute atomic E-state index is 0.00466. The van der Waals surface area contributed by atoms with Gasteiger partial charge < -0.3 is 20.9 Å². The maximum atomic E-state index is 12.6. The van der Waals surface area contributed by atoms with E-state index < -0.39 is 40.0 Å². The van der Waals surface area contributed by atoms with Crippen LogP contribution in [0.25, 0.3) is 5.52 Å². The molecule has 0 fully saturated rings. The molecular formula is C22H25N4O7S+. The summed E-state index contributed by atoms with van der Waals surface area (Å²) >= 11 is 0. The van der Waals surface area contributed by atoms with Crippen molar-refractivity contribution in [2.75, 3.05) is 19.7 Å². The second kappa shape index (κ2) is 10.9. The summed E-state index contributed by atoms with van der Waals surface area (Å²) in [5.41, 5.74) is 3.68. The first-order valence-electron chi connectivity index (χ1n) is 10.4. The van der Waals surface area contributed by atoms with Crippen LogP contribution in [-0.2, 0) is 14.8 Å². The maximum absolute atomic E-state index is 12.6. The highest BCUT2D eigenvalue weighted by Gasteiger charge is 2.26. The second-order valence-electron chi connectivity index (χ2n) is 7.33. The number of hydrogen-bond donors (Lipinski definition) is 4. The smallest absolute Gasteiger partial charge is 0.323 e. The monoisotopic (exact) mass is 489 g/mol. The zero-order valence-corrected chi connectivity index (χ0v) is 19.0. The molecule has 12 heteroatoms. The van der Waals surface area contributed by atoms with E-state index in [-0.39, 0.29) is 10.5 Å². The van der Waals surface area contributed by atoms with Crippen LogP contribution in [-0.4, -0.2) is 55.5 Å². The molecule has 1 atom stereocenters. The molecule has 180 valence electrons. The van der Waals surface area contributed by atoms with Gasteiger partial charge in [0, 0.05) is 36.9 Å². The highest BCUT2D eigenvalue weighted by Crippen LogP contribution is 2.15. The molecular weight excluding hydrogens is 464 g/mol. The number of carboxylic acid groups (broad SMARTS) is 1. The largest absolute Gasteiger partial charge is 0.493 e. The van der Waals surface area contributed by atoms with Crippen molar-refractivity contribution in [1.82, 2.24) is 14.4 Å². The fraction of sp³-hybridized carbons (Fsp3) is 0.227. The molecule has 0 saturated heterocycles. The van der Waals surface area contributed by atoms with E-state index >= 15 is 0 Å². The van der Waals surface area contributed by atoms with Crippen molar-refractivity contribution < 1.29 is 33.6 Å². The molecule has 2 aromatic heterocycles. The van der Waals surface area contributed by atoms with Crippen LogP contribution in [0.5, 0.6) is 5.75 Å². The average Bonchev–Trinajstić information content (AvgIpc) is 2.82. The van der Waals surface area contributed by atoms with Gasteiger partial charge in [-0.25, -0.2) is 8.42 Å². The number of carboxylic acids is 1. The lowest BCUT2D eigenvalue weighted by Crippen LogP contribution is -2.50. The van der Waals surface area contributed by atoms with Gasteiger partial charge in [0.25, 0.3) is 11.5 Å². The van der Waals surface area contributed by atoms with Gasteiger partial charge in [0.15, 0.2) is 0 Å². The molecule has 1 aromatic carbocycles. The number of sulfonamides is 1. The molecule has 0 radical (unpaired) electrons. The summed E-state index contributed by atoms with van der Waals surface area (Å²) in [6.45, 7) is 0.642. The Morgan fingerprint density at radius 3 is 2.53 bits per heavy atom. The lowest BCUT2D eigenvalue weighted by atomic mass is 10.2. The van der Waals surface area contributed by atoms with Crippen LogP contribution in [0.1, 0.15) is 16.8 Å². The van der Waals surface area contributed by atoms with Crippen molar-refractivity contribution in [1.29, 1.82) is 0 Å². The number of carbonyl (C=O) groups excluding carboxylic acids is 1. The topological polar surface area (TPSA) is 171 Å². The van der Waals surface area contributed by atoms with Gasteiger partial charge in [0.1, 0.15) is 11.8 Å². The predicted molar refractivity (Wildman–Crippen MR) is 122 cm³/mol. The van der Waals surface area contributed by atoms with Gasteiger partial charge in [0.2, 0.25) is 10.0 Å². The Morgan fingerprint density at radius 1 is 1.12 bits per heavy atom. The summed E-state index contributed by atoms with van der Waals surface area (Å²) in [6.07, 6.45) is 2.29. The van der Waals surface area contributed by atoms with E-state index in [1.165, 1.54) is 40.9 Å². The number of hydrogen-bond acceptors (Lipinski definition) is 6. The number of ether oxygens (including phenoxy) is 1. The molecule has 1 amide bonds. The molecule has 0 bridgehead atoms. The SMILES string of the molecule is [NH3+]CCCOc1ccn2c(=O)cc(C(=O)NC[C@H](NS(=O)(=O)c3ccccc3)C(=O)O)cc2c1. The molecule has 0 aliphatic carbocycles. The third-order valence-electron chi connectivity index (χ3n) is 4.82. The van der Waals surface area contributed by atoms with Gasteiger partial charge in [-0.3, -0.25) is 18.8 Å². The number of nitrogens with zero attached hydrogens (tertiary/aromatic N) is 1. The first-order valence-corrected chi connectivity index (χ1v) is 11.9. The maximum Gasteiger partial charge on any atom is 0.323 e. The van der Waals surface area contributed by atoms with E-state index in [1.54, 1.807) is 18.2 Å². The highest BCUT2D eigenvalue weighted by atomic mass is 32.2. The number of aliphatic carboxylic acids is 1. The van der Waals surface area contributed by atoms with E-state index in [0.717, 1.165) is 19.0 Å². The molecule has 34 heavy (non-hydrogen) atoms. The number of nitrogens with one attached hydrogen (secondary N) is 2. The fourth-order valence-electron chi connectivity index (χ4n) is 3.06. The Bertz CT molecular complexity index is 1340. The Hall–Kier alpha value is -3.74. The Labute approximate surface area is 195 Å². The van der Waals surface area contributed by atoms with Crippen LogP contribution in [0.15, 0.2) is 70.5 Å². The van der Waals surface area contributed by atoms with E-state index in [9.17, 15) is 27.9 Å². The summed E-state index contributed by atoms with van der Waals surface area (Å²) in [6, 6.07) is 11.4. The van der Waals surface area contributed by atoms with Crippen molar-refractivity contribution in [2.24, 2.45) is 0 Å². The van der Waals surface area contributed by atoms with Gasteiger partial charge in [0.05, 0.1) is 23.6 Å². The zero-order chi connectivity index (χ0) is 24.7. The van der Waals surface area contributed by atoms with Crippen LogP contribution in [0.4, 0.5) is 0 Å². The van der Waals surface area contributed by atoms with Crippen LogP contribution >= 0.6 is 0 Å². The Morgan fingerprint density at radius 2 is 1.85 bits per heavy atom. The first kappa shape index (κ1) is 24.9. The van der Waals surface area contributed by atoms with Gasteiger partial charge in [-0.1, -0.05) is 18.2 Å². The van der Waals surface area contributed by atoms with E-state index in [2.05, 4.69) is 15.8 Å². The number of pyridine rings is 2. The third kappa shape index (κ3) is 6.19. The molecule has 11 nitrogen and oxygen atoms in total. The van der Waals surface area contributed by atoms with Gasteiger partial charge in [-0.05, 0) is 24.3 Å². The van der Waals surface area contributed by atoms with Crippen molar-refractivity contribution in [3.05, 3.63) is 76.7 Å². The number of fused-ring (bicyclic) bond motifs is 1. The number of aromatic nitrogens is 1. The van der Waals surface area contributed by atoms with Crippen molar-refractivity contribution in [2.45, 2.75) is 17.4 Å². The molecule has 3 rings (SSSR count). The molecule has 3 aromatic rings. The molecule has 0 aliphatic heterocycles. The van der Waals surface area contributed by atoms with Crippen molar-refractivity contribution >= 4 is 27.4 Å². The van der Waals surface area contributed by atoms with Crippen molar-refractivity contribution in [3.8, 4) is 5.75 Å². The van der Waals surface area contributed by atoms with E-state index in [0.29, 0.717) is 17.9 Å². The van der Waals surface area contributed by atoms with E-state index in [4.69, 9.17) is 4.74 Å². The first-order chi connectivity index (χ1) is 16.2. The molecule has 6 N–H and O–H groups in total. The van der Waals surface area contributed by atoms with Crippen LogP contribution in [0.3, 0.4) is 0 Å². The van der Waals surface area contributed by atoms with Gasteiger partial charge in [-0.2, -0.15) is 4.72 Å². The standard InChI is InChI=1S/C22H24N4O7S/c23-8-4-10-33-17-7-9-26-16(13-17)11-15(12-20(26)27)21(28)24-14-19(22(29)30)25-34(31,32)18-5-2-1-3-6-18/h1-3,5-7,9,11-13,19,25H,4,8,10,14,23H2,(H,24,28)(H,29,30)/p+1/t19-/m0/s1. The van der Waals surface area contributed by atoms with E-state index in [1.807, 2.05) is 0 Å². The van der Waals surface area contributed by atoms with Crippen LogP contribution in [0, 0.1) is 0 Å². The Balaban J connectivity index is 1.74. The number of carbonyl (C=O) groups is 2. The fourth-order valence-corrected chi connectivity index (χ4v) is 4.27.